The van der Waals surface area contributed by atoms with Crippen LogP contribution in [-0.4, -0.2) is 40.8 Å². The van der Waals surface area contributed by atoms with Gasteiger partial charge in [-0.25, -0.2) is 18.0 Å². The van der Waals surface area contributed by atoms with E-state index in [2.05, 4.69) is 0 Å². The third-order valence-corrected chi connectivity index (χ3v) is 9.40. The molecule has 2 aromatic rings. The lowest BCUT2D eigenvalue weighted by Gasteiger charge is -2.25. The maximum atomic E-state index is 14.5. The Labute approximate surface area is 231 Å². The third kappa shape index (κ3) is 7.12. The number of hydrogen-bond donors (Lipinski definition) is 4. The van der Waals surface area contributed by atoms with Crippen LogP contribution in [0.4, 0.5) is 0 Å². The summed E-state index contributed by atoms with van der Waals surface area (Å²) in [4.78, 5) is 23.4. The first-order valence-electron chi connectivity index (χ1n) is 13.9. The lowest BCUT2D eigenvalue weighted by Crippen LogP contribution is -2.18. The highest BCUT2D eigenvalue weighted by Gasteiger charge is 2.38. The van der Waals surface area contributed by atoms with Crippen molar-refractivity contribution in [3.63, 3.8) is 0 Å². The monoisotopic (exact) mass is 562 g/mol. The topological polar surface area (TPSA) is 149 Å². The number of aromatic carboxylic acids is 2. The lowest BCUT2D eigenvalue weighted by atomic mass is 9.87. The SMILES string of the molecule is CCCCCC(CC)c1c(C(=O)O)ccc(O)c1S(=O)(=O)c1c(O)ccc(C(=O)O)c1C(CC)CCCCC. The minimum Gasteiger partial charge on any atom is -0.507 e. The minimum atomic E-state index is -4.77. The first-order valence-corrected chi connectivity index (χ1v) is 15.4. The predicted molar refractivity (Wildman–Crippen MR) is 150 cm³/mol. The Bertz CT molecular complexity index is 1170. The molecule has 0 aliphatic rings. The highest BCUT2D eigenvalue weighted by Crippen LogP contribution is 2.46. The normalized spacial score (nSPS) is 13.2. The number of rotatable bonds is 16. The fraction of sp³-hybridized carbons (Fsp3) is 0.533. The van der Waals surface area contributed by atoms with Gasteiger partial charge in [-0.3, -0.25) is 0 Å². The fourth-order valence-electron chi connectivity index (χ4n) is 5.41. The van der Waals surface area contributed by atoms with Crippen molar-refractivity contribution in [1.82, 2.24) is 0 Å². The van der Waals surface area contributed by atoms with Crippen LogP contribution in [0.5, 0.6) is 11.5 Å². The molecule has 0 aliphatic heterocycles. The molecule has 216 valence electrons. The molecule has 2 unspecified atom stereocenters. The number of sulfone groups is 1. The van der Waals surface area contributed by atoms with Crippen LogP contribution in [0.2, 0.25) is 0 Å². The third-order valence-electron chi connectivity index (χ3n) is 7.46. The minimum absolute atomic E-state index is 0.00814. The van der Waals surface area contributed by atoms with Gasteiger partial charge in [-0.2, -0.15) is 0 Å². The fourth-order valence-corrected chi connectivity index (χ4v) is 7.44. The molecular formula is C30H42O8S. The van der Waals surface area contributed by atoms with Crippen molar-refractivity contribution in [2.45, 2.75) is 114 Å². The second-order valence-electron chi connectivity index (χ2n) is 10.1. The lowest BCUT2D eigenvalue weighted by molar-refractivity contribution is 0.0683. The summed E-state index contributed by atoms with van der Waals surface area (Å²) in [6.45, 7) is 7.71. The van der Waals surface area contributed by atoms with E-state index in [-0.39, 0.29) is 22.3 Å². The molecule has 0 radical (unpaired) electrons. The number of benzene rings is 2. The number of carboxylic acids is 2. The molecule has 0 saturated heterocycles. The molecule has 2 atom stereocenters. The van der Waals surface area contributed by atoms with Gasteiger partial charge in [0.15, 0.2) is 0 Å². The van der Waals surface area contributed by atoms with Gasteiger partial charge in [-0.1, -0.05) is 66.2 Å². The number of carboxylic acid groups (broad SMARTS) is 2. The summed E-state index contributed by atoms with van der Waals surface area (Å²) in [5.74, 6) is -4.89. The Morgan fingerprint density at radius 3 is 1.31 bits per heavy atom. The predicted octanol–water partition coefficient (Wildman–Crippen LogP) is 7.47. The average molecular weight is 563 g/mol. The summed E-state index contributed by atoms with van der Waals surface area (Å²) >= 11 is 0. The van der Waals surface area contributed by atoms with E-state index in [0.29, 0.717) is 25.7 Å². The van der Waals surface area contributed by atoms with Gasteiger partial charge in [0.2, 0.25) is 9.84 Å². The zero-order valence-electron chi connectivity index (χ0n) is 23.4. The van der Waals surface area contributed by atoms with Crippen molar-refractivity contribution in [3.05, 3.63) is 46.5 Å². The number of aromatic hydroxyl groups is 2. The van der Waals surface area contributed by atoms with Gasteiger partial charge in [-0.15, -0.1) is 0 Å². The maximum absolute atomic E-state index is 14.5. The van der Waals surface area contributed by atoms with Crippen molar-refractivity contribution in [2.75, 3.05) is 0 Å². The van der Waals surface area contributed by atoms with Crippen molar-refractivity contribution in [2.24, 2.45) is 0 Å². The summed E-state index contributed by atoms with van der Waals surface area (Å²) in [7, 11) is -4.77. The summed E-state index contributed by atoms with van der Waals surface area (Å²) in [5, 5.41) is 41.9. The van der Waals surface area contributed by atoms with Crippen molar-refractivity contribution >= 4 is 21.8 Å². The van der Waals surface area contributed by atoms with Gasteiger partial charge < -0.3 is 20.4 Å². The van der Waals surface area contributed by atoms with E-state index in [1.807, 2.05) is 27.7 Å². The molecule has 0 amide bonds. The zero-order chi connectivity index (χ0) is 29.3. The van der Waals surface area contributed by atoms with Crippen LogP contribution in [0.1, 0.15) is 136 Å². The summed E-state index contributed by atoms with van der Waals surface area (Å²) in [5.41, 5.74) is -0.488. The molecule has 0 saturated carbocycles. The van der Waals surface area contributed by atoms with Crippen LogP contribution in [-0.2, 0) is 9.84 Å². The maximum Gasteiger partial charge on any atom is 0.336 e. The standard InChI is InChI=1S/C30H42O8S/c1-5-9-11-13-19(7-3)25-21(29(33)34)15-17-23(31)27(25)39(37,38)28-24(32)18-16-22(30(35)36)26(28)20(8-4)14-12-10-6-2/h15-20,31-32H,5-14H2,1-4H3,(H,33,34)(H,35,36). The van der Waals surface area contributed by atoms with E-state index < -0.39 is 54.9 Å². The molecule has 0 fully saturated rings. The van der Waals surface area contributed by atoms with Gasteiger partial charge >= 0.3 is 11.9 Å². The van der Waals surface area contributed by atoms with Gasteiger partial charge in [0, 0.05) is 0 Å². The second kappa shape index (κ2) is 14.4. The van der Waals surface area contributed by atoms with E-state index in [9.17, 15) is 38.4 Å². The Morgan fingerprint density at radius 1 is 0.667 bits per heavy atom. The largest absolute Gasteiger partial charge is 0.507 e. The van der Waals surface area contributed by atoms with E-state index in [1.165, 1.54) is 12.1 Å². The summed E-state index contributed by atoms with van der Waals surface area (Å²) in [6.07, 6.45) is 6.96. The van der Waals surface area contributed by atoms with Crippen LogP contribution in [0.25, 0.3) is 0 Å². The molecule has 39 heavy (non-hydrogen) atoms. The Morgan fingerprint density at radius 2 is 1.03 bits per heavy atom. The first kappa shape index (κ1) is 32.1. The van der Waals surface area contributed by atoms with Gasteiger partial charge in [0.05, 0.1) is 11.1 Å². The van der Waals surface area contributed by atoms with Gasteiger partial charge in [0.25, 0.3) is 0 Å². The molecule has 0 spiro atoms. The summed E-state index contributed by atoms with van der Waals surface area (Å²) < 4.78 is 28.9. The highest BCUT2D eigenvalue weighted by molar-refractivity contribution is 7.91. The number of phenols is 2. The van der Waals surface area contributed by atoms with E-state index >= 15 is 0 Å². The van der Waals surface area contributed by atoms with E-state index in [4.69, 9.17) is 0 Å². The smallest absolute Gasteiger partial charge is 0.336 e. The zero-order valence-corrected chi connectivity index (χ0v) is 24.2. The number of phenolic OH excluding ortho intramolecular Hbond substituents is 2. The van der Waals surface area contributed by atoms with Crippen LogP contribution in [0, 0.1) is 0 Å². The molecule has 0 heterocycles. The molecule has 0 aliphatic carbocycles. The quantitative estimate of drug-likeness (QED) is 0.154. The Hall–Kier alpha value is -3.07. The molecule has 0 bridgehead atoms. The first-order chi connectivity index (χ1) is 18.5. The molecule has 4 N–H and O–H groups in total. The molecule has 8 nitrogen and oxygen atoms in total. The molecule has 2 aromatic carbocycles. The van der Waals surface area contributed by atoms with Crippen LogP contribution >= 0.6 is 0 Å². The van der Waals surface area contributed by atoms with Crippen LogP contribution in [0.3, 0.4) is 0 Å². The highest BCUT2D eigenvalue weighted by atomic mass is 32.2. The molecule has 9 heteroatoms. The van der Waals surface area contributed by atoms with Crippen molar-refractivity contribution < 1.29 is 38.4 Å². The van der Waals surface area contributed by atoms with Crippen LogP contribution < -0.4 is 0 Å². The van der Waals surface area contributed by atoms with E-state index in [1.54, 1.807) is 0 Å². The number of unbranched alkanes of at least 4 members (excludes halogenated alkanes) is 4. The Kier molecular flexibility index (Phi) is 11.8. The van der Waals surface area contributed by atoms with Crippen molar-refractivity contribution in [3.8, 4) is 11.5 Å². The second-order valence-corrected chi connectivity index (χ2v) is 11.9. The van der Waals surface area contributed by atoms with E-state index in [0.717, 1.165) is 50.7 Å². The molecule has 2 rings (SSSR count). The Balaban J connectivity index is 2.99. The number of hydrogen-bond acceptors (Lipinski definition) is 6. The van der Waals surface area contributed by atoms with Crippen LogP contribution in [0.15, 0.2) is 34.1 Å². The average Bonchev–Trinajstić information content (AvgIpc) is 2.88. The summed E-state index contributed by atoms with van der Waals surface area (Å²) in [6, 6.07) is 4.47. The van der Waals surface area contributed by atoms with Gasteiger partial charge in [0.1, 0.15) is 21.3 Å². The number of carbonyl (C=O) groups is 2. The van der Waals surface area contributed by atoms with Gasteiger partial charge in [-0.05, 0) is 72.9 Å². The van der Waals surface area contributed by atoms with Crippen molar-refractivity contribution in [1.29, 1.82) is 0 Å². The molecule has 0 aromatic heterocycles. The molecular weight excluding hydrogens is 520 g/mol.